The maximum atomic E-state index is 5.97. The summed E-state index contributed by atoms with van der Waals surface area (Å²) in [5, 5.41) is 1.25. The molecule has 1 aliphatic rings. The molecule has 0 amide bonds. The molecule has 1 saturated heterocycles. The molecule has 1 aliphatic heterocycles. The standard InChI is InChI=1S/C18H25NO/c1-14(2)15-6-7-18-16(12-15)13-17(20-18)8-11-19-9-4-3-5-10-19/h6-7,12-14H,3-5,8-11H2,1-2H3. The maximum absolute atomic E-state index is 5.97. The van der Waals surface area contributed by atoms with Gasteiger partial charge in [0.05, 0.1) is 0 Å². The van der Waals surface area contributed by atoms with Crippen LogP contribution in [0, 0.1) is 0 Å². The molecule has 2 heteroatoms. The van der Waals surface area contributed by atoms with Crippen LogP contribution in [0.1, 0.15) is 50.4 Å². The Morgan fingerprint density at radius 3 is 2.65 bits per heavy atom. The molecule has 20 heavy (non-hydrogen) atoms. The van der Waals surface area contributed by atoms with Crippen molar-refractivity contribution in [2.45, 2.75) is 45.4 Å². The number of hydrogen-bond donors (Lipinski definition) is 0. The third-order valence-electron chi connectivity index (χ3n) is 4.38. The van der Waals surface area contributed by atoms with Gasteiger partial charge in [-0.25, -0.2) is 0 Å². The first kappa shape index (κ1) is 13.7. The van der Waals surface area contributed by atoms with E-state index in [0.29, 0.717) is 5.92 Å². The van der Waals surface area contributed by atoms with Gasteiger partial charge >= 0.3 is 0 Å². The summed E-state index contributed by atoms with van der Waals surface area (Å²) in [6.07, 6.45) is 5.15. The number of benzene rings is 1. The van der Waals surface area contributed by atoms with Crippen LogP contribution >= 0.6 is 0 Å². The van der Waals surface area contributed by atoms with Crippen LogP contribution in [0.3, 0.4) is 0 Å². The zero-order valence-electron chi connectivity index (χ0n) is 12.7. The van der Waals surface area contributed by atoms with Crippen LogP contribution in [0.15, 0.2) is 28.7 Å². The monoisotopic (exact) mass is 271 g/mol. The average Bonchev–Trinajstić information content (AvgIpc) is 2.88. The molecule has 1 aromatic heterocycles. The predicted octanol–water partition coefficient (Wildman–Crippen LogP) is 4.58. The molecule has 2 aromatic rings. The van der Waals surface area contributed by atoms with E-state index in [9.17, 15) is 0 Å². The van der Waals surface area contributed by atoms with Crippen LogP contribution in [-0.2, 0) is 6.42 Å². The molecule has 2 heterocycles. The third-order valence-corrected chi connectivity index (χ3v) is 4.38. The fraction of sp³-hybridized carbons (Fsp3) is 0.556. The van der Waals surface area contributed by atoms with Gasteiger partial charge in [0.25, 0.3) is 0 Å². The molecule has 0 spiro atoms. The molecule has 0 radical (unpaired) electrons. The van der Waals surface area contributed by atoms with Crippen LogP contribution in [-0.4, -0.2) is 24.5 Å². The van der Waals surface area contributed by atoms with Gasteiger partial charge in [-0.3, -0.25) is 0 Å². The number of furan rings is 1. The Bertz CT molecular complexity index is 564. The third kappa shape index (κ3) is 3.06. The number of nitrogens with zero attached hydrogens (tertiary/aromatic N) is 1. The molecule has 0 saturated carbocycles. The molecule has 0 aliphatic carbocycles. The van der Waals surface area contributed by atoms with E-state index in [1.54, 1.807) is 0 Å². The second-order valence-corrected chi connectivity index (χ2v) is 6.32. The summed E-state index contributed by atoms with van der Waals surface area (Å²) in [7, 11) is 0. The molecule has 0 unspecified atom stereocenters. The lowest BCUT2D eigenvalue weighted by Gasteiger charge is -2.25. The smallest absolute Gasteiger partial charge is 0.134 e. The van der Waals surface area contributed by atoms with E-state index in [4.69, 9.17) is 4.42 Å². The number of likely N-dealkylation sites (tertiary alicyclic amines) is 1. The van der Waals surface area contributed by atoms with Gasteiger partial charge in [0.2, 0.25) is 0 Å². The second-order valence-electron chi connectivity index (χ2n) is 6.32. The van der Waals surface area contributed by atoms with E-state index in [1.807, 2.05) is 0 Å². The van der Waals surface area contributed by atoms with Crippen molar-refractivity contribution in [3.8, 4) is 0 Å². The first-order valence-electron chi connectivity index (χ1n) is 7.97. The van der Waals surface area contributed by atoms with E-state index < -0.39 is 0 Å². The van der Waals surface area contributed by atoms with Gasteiger partial charge in [0.1, 0.15) is 11.3 Å². The molecule has 0 atom stereocenters. The van der Waals surface area contributed by atoms with Crippen molar-refractivity contribution in [1.29, 1.82) is 0 Å². The summed E-state index contributed by atoms with van der Waals surface area (Å²) in [6.45, 7) is 8.13. The summed E-state index contributed by atoms with van der Waals surface area (Å²) < 4.78 is 5.97. The lowest BCUT2D eigenvalue weighted by Crippen LogP contribution is -2.31. The Kier molecular flexibility index (Phi) is 4.11. The van der Waals surface area contributed by atoms with Crippen molar-refractivity contribution in [3.05, 3.63) is 35.6 Å². The van der Waals surface area contributed by atoms with Crippen molar-refractivity contribution in [1.82, 2.24) is 4.90 Å². The van der Waals surface area contributed by atoms with Crippen LogP contribution in [0.4, 0.5) is 0 Å². The lowest BCUT2D eigenvalue weighted by molar-refractivity contribution is 0.227. The quantitative estimate of drug-likeness (QED) is 0.809. The van der Waals surface area contributed by atoms with Crippen molar-refractivity contribution >= 4 is 11.0 Å². The van der Waals surface area contributed by atoms with E-state index >= 15 is 0 Å². The van der Waals surface area contributed by atoms with Gasteiger partial charge in [-0.2, -0.15) is 0 Å². The molecule has 0 bridgehead atoms. The van der Waals surface area contributed by atoms with Crippen molar-refractivity contribution in [3.63, 3.8) is 0 Å². The van der Waals surface area contributed by atoms with Crippen molar-refractivity contribution in [2.24, 2.45) is 0 Å². The Balaban J connectivity index is 1.69. The van der Waals surface area contributed by atoms with Gasteiger partial charge in [0, 0.05) is 18.4 Å². The summed E-state index contributed by atoms with van der Waals surface area (Å²) in [5.74, 6) is 1.71. The minimum absolute atomic E-state index is 0.575. The molecular formula is C18H25NO. The first-order chi connectivity index (χ1) is 9.72. The van der Waals surface area contributed by atoms with Gasteiger partial charge in [-0.15, -0.1) is 0 Å². The number of hydrogen-bond acceptors (Lipinski definition) is 2. The Hall–Kier alpha value is -1.28. The lowest BCUT2D eigenvalue weighted by atomic mass is 10.0. The van der Waals surface area contributed by atoms with E-state index in [0.717, 1.165) is 24.3 Å². The highest BCUT2D eigenvalue weighted by Gasteiger charge is 2.11. The summed E-state index contributed by atoms with van der Waals surface area (Å²) in [4.78, 5) is 2.57. The van der Waals surface area contributed by atoms with Crippen LogP contribution in [0.5, 0.6) is 0 Å². The summed E-state index contributed by atoms with van der Waals surface area (Å²) in [6, 6.07) is 8.80. The van der Waals surface area contributed by atoms with Crippen LogP contribution in [0.25, 0.3) is 11.0 Å². The van der Waals surface area contributed by atoms with Crippen molar-refractivity contribution < 1.29 is 4.42 Å². The van der Waals surface area contributed by atoms with E-state index in [1.165, 1.54) is 43.3 Å². The average molecular weight is 271 g/mol. The molecule has 1 fully saturated rings. The highest BCUT2D eigenvalue weighted by molar-refractivity contribution is 5.78. The normalized spacial score (nSPS) is 17.1. The molecular weight excluding hydrogens is 246 g/mol. The SMILES string of the molecule is CC(C)c1ccc2oc(CCN3CCCCC3)cc2c1. The molecule has 3 rings (SSSR count). The zero-order chi connectivity index (χ0) is 13.9. The predicted molar refractivity (Wildman–Crippen MR) is 84.3 cm³/mol. The summed E-state index contributed by atoms with van der Waals surface area (Å²) in [5.41, 5.74) is 2.42. The van der Waals surface area contributed by atoms with E-state index in [2.05, 4.69) is 43.0 Å². The highest BCUT2D eigenvalue weighted by atomic mass is 16.3. The molecule has 2 nitrogen and oxygen atoms in total. The largest absolute Gasteiger partial charge is 0.461 e. The fourth-order valence-electron chi connectivity index (χ4n) is 3.05. The van der Waals surface area contributed by atoms with Gasteiger partial charge in [-0.05, 0) is 55.6 Å². The second kappa shape index (κ2) is 6.01. The van der Waals surface area contributed by atoms with Gasteiger partial charge in [-0.1, -0.05) is 26.3 Å². The number of rotatable bonds is 4. The summed E-state index contributed by atoms with van der Waals surface area (Å²) >= 11 is 0. The Morgan fingerprint density at radius 2 is 1.90 bits per heavy atom. The topological polar surface area (TPSA) is 16.4 Å². The van der Waals surface area contributed by atoms with Crippen molar-refractivity contribution in [2.75, 3.05) is 19.6 Å². The fourth-order valence-corrected chi connectivity index (χ4v) is 3.05. The molecule has 108 valence electrons. The van der Waals surface area contributed by atoms with Gasteiger partial charge < -0.3 is 9.32 Å². The Morgan fingerprint density at radius 1 is 1.10 bits per heavy atom. The zero-order valence-corrected chi connectivity index (χ0v) is 12.7. The van der Waals surface area contributed by atoms with E-state index in [-0.39, 0.29) is 0 Å². The minimum atomic E-state index is 0.575. The van der Waals surface area contributed by atoms with Crippen LogP contribution < -0.4 is 0 Å². The minimum Gasteiger partial charge on any atom is -0.461 e. The molecule has 1 aromatic carbocycles. The highest BCUT2D eigenvalue weighted by Crippen LogP contribution is 2.24. The van der Waals surface area contributed by atoms with Crippen LogP contribution in [0.2, 0.25) is 0 Å². The maximum Gasteiger partial charge on any atom is 0.134 e. The molecule has 0 N–H and O–H groups in total. The first-order valence-corrected chi connectivity index (χ1v) is 7.97. The van der Waals surface area contributed by atoms with Gasteiger partial charge in [0.15, 0.2) is 0 Å². The Labute approximate surface area is 121 Å². The number of piperidine rings is 1. The number of fused-ring (bicyclic) bond motifs is 1.